The van der Waals surface area contributed by atoms with Crippen molar-refractivity contribution < 1.29 is 0 Å². The summed E-state index contributed by atoms with van der Waals surface area (Å²) in [7, 11) is 0. The Labute approximate surface area is 134 Å². The molecule has 0 saturated carbocycles. The predicted octanol–water partition coefficient (Wildman–Crippen LogP) is 2.72. The topological polar surface area (TPSA) is 40.2 Å². The van der Waals surface area contributed by atoms with Crippen molar-refractivity contribution in [1.82, 2.24) is 15.6 Å². The third-order valence-corrected chi connectivity index (χ3v) is 5.90. The number of nitrogens with one attached hydrogen (secondary N) is 2. The van der Waals surface area contributed by atoms with Gasteiger partial charge in [-0.15, -0.1) is 11.8 Å². The Morgan fingerprint density at radius 2 is 1.81 bits per heavy atom. The lowest BCUT2D eigenvalue weighted by Gasteiger charge is -2.37. The fourth-order valence-corrected chi connectivity index (χ4v) is 5.03. The highest BCUT2D eigenvalue weighted by Gasteiger charge is 2.28. The van der Waals surface area contributed by atoms with Crippen molar-refractivity contribution in [2.45, 2.75) is 24.6 Å². The van der Waals surface area contributed by atoms with E-state index >= 15 is 0 Å². The molecule has 114 valence electrons. The molecule has 2 unspecified atom stereocenters. The molecule has 4 nitrogen and oxygen atoms in total. The van der Waals surface area contributed by atoms with Gasteiger partial charge >= 0.3 is 0 Å². The van der Waals surface area contributed by atoms with E-state index in [2.05, 4.69) is 53.6 Å². The lowest BCUT2D eigenvalue weighted by atomic mass is 10.3. The zero-order valence-electron chi connectivity index (χ0n) is 12.5. The second-order valence-electron chi connectivity index (χ2n) is 5.10. The molecule has 0 bridgehead atoms. The number of nitrogens with zero attached hydrogens (tertiary/aromatic N) is 2. The molecule has 2 heterocycles. The number of aromatic nitrogens is 1. The number of hydrogen-bond acceptors (Lipinski definition) is 6. The fraction of sp³-hybridized carbons (Fsp3) is 0.533. The van der Waals surface area contributed by atoms with Crippen molar-refractivity contribution in [3.05, 3.63) is 24.3 Å². The van der Waals surface area contributed by atoms with Gasteiger partial charge in [-0.1, -0.05) is 37.3 Å². The van der Waals surface area contributed by atoms with Gasteiger partial charge in [0.25, 0.3) is 0 Å². The Kier molecular flexibility index (Phi) is 5.00. The van der Waals surface area contributed by atoms with Crippen LogP contribution in [0.3, 0.4) is 0 Å². The van der Waals surface area contributed by atoms with E-state index in [1.54, 1.807) is 11.3 Å². The highest BCUT2D eigenvalue weighted by atomic mass is 32.2. The van der Waals surface area contributed by atoms with Gasteiger partial charge in [-0.25, -0.2) is 4.98 Å². The first-order valence-electron chi connectivity index (χ1n) is 7.53. The molecule has 1 aromatic heterocycles. The van der Waals surface area contributed by atoms with E-state index in [4.69, 9.17) is 4.98 Å². The van der Waals surface area contributed by atoms with Crippen molar-refractivity contribution in [2.24, 2.45) is 0 Å². The van der Waals surface area contributed by atoms with Crippen molar-refractivity contribution >= 4 is 38.4 Å². The van der Waals surface area contributed by atoms with Crippen LogP contribution in [0.5, 0.6) is 0 Å². The Hall–Kier alpha value is -0.820. The van der Waals surface area contributed by atoms with E-state index in [-0.39, 0.29) is 0 Å². The van der Waals surface area contributed by atoms with Gasteiger partial charge in [0, 0.05) is 13.1 Å². The minimum atomic E-state index is 0.458. The van der Waals surface area contributed by atoms with Crippen LogP contribution < -0.4 is 15.5 Å². The maximum absolute atomic E-state index is 4.81. The van der Waals surface area contributed by atoms with Crippen LogP contribution in [0.2, 0.25) is 0 Å². The highest BCUT2D eigenvalue weighted by Crippen LogP contribution is 2.32. The number of likely N-dealkylation sites (N-methyl/N-ethyl adjacent to an activating group) is 2. The molecule has 2 atom stereocenters. The Morgan fingerprint density at radius 1 is 1.14 bits per heavy atom. The van der Waals surface area contributed by atoms with Gasteiger partial charge in [-0.2, -0.15) is 0 Å². The predicted molar refractivity (Wildman–Crippen MR) is 94.4 cm³/mol. The third kappa shape index (κ3) is 3.51. The molecule has 1 aliphatic rings. The molecule has 1 saturated heterocycles. The summed E-state index contributed by atoms with van der Waals surface area (Å²) in [6, 6.07) is 8.39. The van der Waals surface area contributed by atoms with E-state index in [0.717, 1.165) is 36.8 Å². The van der Waals surface area contributed by atoms with Gasteiger partial charge in [-0.3, -0.25) is 0 Å². The van der Waals surface area contributed by atoms with Gasteiger partial charge in [-0.05, 0) is 25.2 Å². The van der Waals surface area contributed by atoms with Crippen molar-refractivity contribution in [2.75, 3.05) is 31.1 Å². The molecule has 1 aromatic carbocycles. The van der Waals surface area contributed by atoms with Crippen LogP contribution in [-0.4, -0.2) is 41.9 Å². The number of thioether (sulfide) groups is 1. The summed E-state index contributed by atoms with van der Waals surface area (Å²) >= 11 is 3.79. The number of rotatable bonds is 5. The Balaban J connectivity index is 1.81. The number of thiazole rings is 1. The average Bonchev–Trinajstić information content (AvgIpc) is 2.92. The number of anilines is 1. The first-order chi connectivity index (χ1) is 10.3. The number of hydrogen-bond donors (Lipinski definition) is 2. The minimum Gasteiger partial charge on any atom is -0.343 e. The lowest BCUT2D eigenvalue weighted by Crippen LogP contribution is -2.52. The molecule has 2 aromatic rings. The average molecular weight is 323 g/mol. The van der Waals surface area contributed by atoms with Crippen LogP contribution in [0, 0.1) is 0 Å². The van der Waals surface area contributed by atoms with Crippen LogP contribution in [-0.2, 0) is 0 Å². The molecule has 0 spiro atoms. The molecule has 1 aliphatic heterocycles. The van der Waals surface area contributed by atoms with E-state index < -0.39 is 0 Å². The van der Waals surface area contributed by atoms with Gasteiger partial charge in [0.1, 0.15) is 0 Å². The third-order valence-electron chi connectivity index (χ3n) is 3.52. The summed E-state index contributed by atoms with van der Waals surface area (Å²) < 4.78 is 1.27. The van der Waals surface area contributed by atoms with Gasteiger partial charge < -0.3 is 15.5 Å². The number of para-hydroxylation sites is 1. The second kappa shape index (κ2) is 6.96. The molecule has 0 aliphatic carbocycles. The largest absolute Gasteiger partial charge is 0.343 e. The number of benzene rings is 1. The first-order valence-corrected chi connectivity index (χ1v) is 9.28. The summed E-state index contributed by atoms with van der Waals surface area (Å²) in [5.74, 6) is 0. The Morgan fingerprint density at radius 3 is 2.43 bits per heavy atom. The standard InChI is InChI=1S/C15H22N4S2/c1-3-16-13-9-19(10-14(21-13)17-4-2)15-18-11-7-5-6-8-12(11)20-15/h5-8,13-14,16-17H,3-4,9-10H2,1-2H3. The molecule has 21 heavy (non-hydrogen) atoms. The zero-order valence-corrected chi connectivity index (χ0v) is 14.1. The molecule has 3 rings (SSSR count). The molecule has 0 radical (unpaired) electrons. The van der Waals surface area contributed by atoms with Crippen LogP contribution in [0.4, 0.5) is 5.13 Å². The molecule has 0 amide bonds. The summed E-state index contributed by atoms with van der Waals surface area (Å²) in [4.78, 5) is 7.22. The van der Waals surface area contributed by atoms with Crippen LogP contribution in [0.25, 0.3) is 10.2 Å². The van der Waals surface area contributed by atoms with Crippen LogP contribution in [0.1, 0.15) is 13.8 Å². The van der Waals surface area contributed by atoms with E-state index in [1.165, 1.54) is 4.70 Å². The van der Waals surface area contributed by atoms with E-state index in [9.17, 15) is 0 Å². The second-order valence-corrected chi connectivity index (χ2v) is 7.52. The fourth-order valence-electron chi connectivity index (χ4n) is 2.59. The monoisotopic (exact) mass is 322 g/mol. The highest BCUT2D eigenvalue weighted by molar-refractivity contribution is 8.00. The lowest BCUT2D eigenvalue weighted by molar-refractivity contribution is 0.570. The van der Waals surface area contributed by atoms with Gasteiger partial charge in [0.2, 0.25) is 0 Å². The normalized spacial score (nSPS) is 22.9. The number of fused-ring (bicyclic) bond motifs is 1. The van der Waals surface area contributed by atoms with Gasteiger partial charge in [0.15, 0.2) is 5.13 Å². The quantitative estimate of drug-likeness (QED) is 0.886. The van der Waals surface area contributed by atoms with Gasteiger partial charge in [0.05, 0.1) is 21.0 Å². The minimum absolute atomic E-state index is 0.458. The smallest absolute Gasteiger partial charge is 0.186 e. The Bertz CT molecular complexity index is 539. The van der Waals surface area contributed by atoms with Crippen LogP contribution >= 0.6 is 23.1 Å². The molecule has 1 fully saturated rings. The van der Waals surface area contributed by atoms with Crippen molar-refractivity contribution in [3.63, 3.8) is 0 Å². The van der Waals surface area contributed by atoms with Crippen molar-refractivity contribution in [1.29, 1.82) is 0 Å². The first kappa shape index (κ1) is 15.1. The summed E-state index contributed by atoms with van der Waals surface area (Å²) in [6.45, 7) is 8.37. The van der Waals surface area contributed by atoms with Crippen LogP contribution in [0.15, 0.2) is 24.3 Å². The van der Waals surface area contributed by atoms with Crippen molar-refractivity contribution in [3.8, 4) is 0 Å². The molecule has 2 N–H and O–H groups in total. The molecule has 6 heteroatoms. The van der Waals surface area contributed by atoms with E-state index in [1.807, 2.05) is 11.8 Å². The summed E-state index contributed by atoms with van der Waals surface area (Å²) in [6.07, 6.45) is 0. The van der Waals surface area contributed by atoms with E-state index in [0.29, 0.717) is 10.7 Å². The summed E-state index contributed by atoms with van der Waals surface area (Å²) in [5.41, 5.74) is 1.11. The molecular weight excluding hydrogens is 300 g/mol. The molecular formula is C15H22N4S2. The maximum atomic E-state index is 4.81. The summed E-state index contributed by atoms with van der Waals surface area (Å²) in [5, 5.41) is 9.19. The zero-order chi connectivity index (χ0) is 14.7. The maximum Gasteiger partial charge on any atom is 0.186 e. The SMILES string of the molecule is CCNC1CN(c2nc3ccccc3s2)CC(NCC)S1.